The molecule has 0 atom stereocenters. The normalized spacial score (nSPS) is 10.5. The number of amides is 1. The van der Waals surface area contributed by atoms with Crippen molar-refractivity contribution in [3.05, 3.63) is 71.0 Å². The second-order valence-corrected chi connectivity index (χ2v) is 6.24. The minimum Gasteiger partial charge on any atom is -0.336 e. The molecule has 3 rings (SSSR count). The third kappa shape index (κ3) is 3.46. The Kier molecular flexibility index (Phi) is 4.48. The van der Waals surface area contributed by atoms with Crippen molar-refractivity contribution in [1.82, 2.24) is 14.9 Å². The summed E-state index contributed by atoms with van der Waals surface area (Å²) >= 11 is 1.64. The van der Waals surface area contributed by atoms with Gasteiger partial charge in [0, 0.05) is 13.2 Å². The molecule has 116 valence electrons. The second kappa shape index (κ2) is 6.71. The lowest BCUT2D eigenvalue weighted by molar-refractivity contribution is 0.0782. The first-order valence-corrected chi connectivity index (χ1v) is 8.20. The molecule has 5 heteroatoms. The molecule has 0 bridgehead atoms. The van der Waals surface area contributed by atoms with Gasteiger partial charge in [-0.2, -0.15) is 0 Å². The van der Waals surface area contributed by atoms with E-state index in [2.05, 4.69) is 9.97 Å². The Hall–Kier alpha value is -2.53. The van der Waals surface area contributed by atoms with Crippen LogP contribution in [-0.4, -0.2) is 27.8 Å². The highest BCUT2D eigenvalue weighted by molar-refractivity contribution is 7.13. The maximum atomic E-state index is 12.6. The highest BCUT2D eigenvalue weighted by atomic mass is 32.1. The van der Waals surface area contributed by atoms with E-state index in [1.165, 1.54) is 0 Å². The molecule has 0 saturated carbocycles. The van der Waals surface area contributed by atoms with Gasteiger partial charge < -0.3 is 4.90 Å². The Balaban J connectivity index is 1.79. The summed E-state index contributed by atoms with van der Waals surface area (Å²) in [6.45, 7) is 2.35. The average Bonchev–Trinajstić information content (AvgIpc) is 3.09. The zero-order chi connectivity index (χ0) is 16.2. The number of thiophene rings is 1. The zero-order valence-corrected chi connectivity index (χ0v) is 13.9. The van der Waals surface area contributed by atoms with Crippen LogP contribution in [0.25, 0.3) is 10.6 Å². The molecule has 0 N–H and O–H groups in total. The minimum atomic E-state index is -0.0432. The van der Waals surface area contributed by atoms with Crippen molar-refractivity contribution in [2.45, 2.75) is 13.5 Å². The maximum absolute atomic E-state index is 12.6. The molecule has 0 radical (unpaired) electrons. The van der Waals surface area contributed by atoms with Gasteiger partial charge in [0.25, 0.3) is 5.91 Å². The first-order valence-electron chi connectivity index (χ1n) is 7.32. The largest absolute Gasteiger partial charge is 0.336 e. The molecular weight excluding hydrogens is 306 g/mol. The number of aromatic nitrogens is 2. The summed E-state index contributed by atoms with van der Waals surface area (Å²) in [5.74, 6) is -0.0432. The predicted octanol–water partition coefficient (Wildman–Crippen LogP) is 3.79. The van der Waals surface area contributed by atoms with Crippen molar-refractivity contribution in [2.24, 2.45) is 0 Å². The van der Waals surface area contributed by atoms with Gasteiger partial charge in [-0.15, -0.1) is 11.3 Å². The van der Waals surface area contributed by atoms with Gasteiger partial charge in [-0.25, -0.2) is 0 Å². The van der Waals surface area contributed by atoms with Crippen molar-refractivity contribution in [3.63, 3.8) is 0 Å². The fourth-order valence-electron chi connectivity index (χ4n) is 2.36. The van der Waals surface area contributed by atoms with E-state index in [9.17, 15) is 4.79 Å². The SMILES string of the molecule is Cc1nc(-c2cccs2)ccc1C(=O)N(C)Cc1ccccn1. The van der Waals surface area contributed by atoms with Crippen LogP contribution in [0.5, 0.6) is 0 Å². The summed E-state index contributed by atoms with van der Waals surface area (Å²) in [5.41, 5.74) is 3.14. The Labute approximate surface area is 139 Å². The first kappa shape index (κ1) is 15.4. The Morgan fingerprint density at radius 2 is 2.04 bits per heavy atom. The van der Waals surface area contributed by atoms with Gasteiger partial charge in [0.15, 0.2) is 0 Å². The van der Waals surface area contributed by atoms with Gasteiger partial charge in [-0.1, -0.05) is 12.1 Å². The Morgan fingerprint density at radius 3 is 2.70 bits per heavy atom. The summed E-state index contributed by atoms with van der Waals surface area (Å²) in [7, 11) is 1.78. The number of nitrogens with zero attached hydrogens (tertiary/aromatic N) is 3. The number of pyridine rings is 2. The second-order valence-electron chi connectivity index (χ2n) is 5.29. The van der Waals surface area contributed by atoms with E-state index in [4.69, 9.17) is 0 Å². The molecule has 0 spiro atoms. The summed E-state index contributed by atoms with van der Waals surface area (Å²) in [6, 6.07) is 13.5. The van der Waals surface area contributed by atoms with E-state index in [0.29, 0.717) is 12.1 Å². The van der Waals surface area contributed by atoms with Crippen LogP contribution >= 0.6 is 11.3 Å². The van der Waals surface area contributed by atoms with E-state index in [-0.39, 0.29) is 5.91 Å². The van der Waals surface area contributed by atoms with Gasteiger partial charge in [0.2, 0.25) is 0 Å². The monoisotopic (exact) mass is 323 g/mol. The molecule has 4 nitrogen and oxygen atoms in total. The number of hydrogen-bond acceptors (Lipinski definition) is 4. The molecule has 3 heterocycles. The van der Waals surface area contributed by atoms with E-state index < -0.39 is 0 Å². The number of hydrogen-bond donors (Lipinski definition) is 0. The highest BCUT2D eigenvalue weighted by Crippen LogP contribution is 2.24. The third-order valence-electron chi connectivity index (χ3n) is 3.56. The molecule has 3 aromatic heterocycles. The molecule has 0 aliphatic heterocycles. The zero-order valence-electron chi connectivity index (χ0n) is 13.1. The van der Waals surface area contributed by atoms with Crippen LogP contribution < -0.4 is 0 Å². The van der Waals surface area contributed by atoms with Crippen LogP contribution in [0.1, 0.15) is 21.7 Å². The third-order valence-corrected chi connectivity index (χ3v) is 4.45. The highest BCUT2D eigenvalue weighted by Gasteiger charge is 2.16. The van der Waals surface area contributed by atoms with Crippen molar-refractivity contribution in [1.29, 1.82) is 0 Å². The van der Waals surface area contributed by atoms with Crippen molar-refractivity contribution in [2.75, 3.05) is 7.05 Å². The van der Waals surface area contributed by atoms with E-state index in [1.807, 2.05) is 54.8 Å². The van der Waals surface area contributed by atoms with E-state index >= 15 is 0 Å². The van der Waals surface area contributed by atoms with E-state index in [1.54, 1.807) is 29.5 Å². The molecule has 0 fully saturated rings. The van der Waals surface area contributed by atoms with Crippen LogP contribution in [0.3, 0.4) is 0 Å². The molecule has 1 amide bonds. The van der Waals surface area contributed by atoms with Crippen LogP contribution in [0.4, 0.5) is 0 Å². The van der Waals surface area contributed by atoms with Gasteiger partial charge in [-0.05, 0) is 42.6 Å². The summed E-state index contributed by atoms with van der Waals surface area (Å²) < 4.78 is 0. The Morgan fingerprint density at radius 1 is 1.17 bits per heavy atom. The maximum Gasteiger partial charge on any atom is 0.255 e. The number of rotatable bonds is 4. The standard InChI is InChI=1S/C18H17N3OS/c1-13-15(8-9-16(20-13)17-7-5-11-23-17)18(22)21(2)12-14-6-3-4-10-19-14/h3-11H,12H2,1-2H3. The minimum absolute atomic E-state index is 0.0432. The van der Waals surface area contributed by atoms with Crippen molar-refractivity contribution < 1.29 is 4.79 Å². The van der Waals surface area contributed by atoms with Crippen LogP contribution in [0.2, 0.25) is 0 Å². The van der Waals surface area contributed by atoms with Crippen molar-refractivity contribution in [3.8, 4) is 10.6 Å². The first-order chi connectivity index (χ1) is 11.1. The number of carbonyl (C=O) groups is 1. The van der Waals surface area contributed by atoms with Gasteiger partial charge in [-0.3, -0.25) is 14.8 Å². The lowest BCUT2D eigenvalue weighted by Gasteiger charge is -2.18. The lowest BCUT2D eigenvalue weighted by Crippen LogP contribution is -2.27. The predicted molar refractivity (Wildman–Crippen MR) is 92.3 cm³/mol. The smallest absolute Gasteiger partial charge is 0.255 e. The Bertz CT molecular complexity index is 800. The van der Waals surface area contributed by atoms with Crippen molar-refractivity contribution >= 4 is 17.2 Å². The molecular formula is C18H17N3OS. The quantitative estimate of drug-likeness (QED) is 0.734. The fourth-order valence-corrected chi connectivity index (χ4v) is 3.06. The molecule has 0 saturated heterocycles. The summed E-state index contributed by atoms with van der Waals surface area (Å²) in [6.07, 6.45) is 1.73. The molecule has 3 aromatic rings. The van der Waals surface area contributed by atoms with Gasteiger partial charge >= 0.3 is 0 Å². The molecule has 0 aliphatic carbocycles. The van der Waals surface area contributed by atoms with Crippen LogP contribution in [0, 0.1) is 6.92 Å². The van der Waals surface area contributed by atoms with Gasteiger partial charge in [0.05, 0.1) is 34.1 Å². The van der Waals surface area contributed by atoms with Crippen LogP contribution in [0.15, 0.2) is 54.0 Å². The summed E-state index contributed by atoms with van der Waals surface area (Å²) in [5, 5.41) is 2.02. The van der Waals surface area contributed by atoms with Crippen LogP contribution in [-0.2, 0) is 6.54 Å². The lowest BCUT2D eigenvalue weighted by atomic mass is 10.1. The average molecular weight is 323 g/mol. The molecule has 0 aliphatic rings. The fraction of sp³-hybridized carbons (Fsp3) is 0.167. The molecule has 0 aromatic carbocycles. The van der Waals surface area contributed by atoms with E-state index in [0.717, 1.165) is 22.0 Å². The number of aryl methyl sites for hydroxylation is 1. The molecule has 0 unspecified atom stereocenters. The van der Waals surface area contributed by atoms with Gasteiger partial charge in [0.1, 0.15) is 0 Å². The molecule has 23 heavy (non-hydrogen) atoms. The summed E-state index contributed by atoms with van der Waals surface area (Å²) in [4.78, 5) is 24.2. The number of carbonyl (C=O) groups excluding carboxylic acids is 1. The topological polar surface area (TPSA) is 46.1 Å².